The van der Waals surface area contributed by atoms with Crippen molar-refractivity contribution in [2.45, 2.75) is 0 Å². The molecule has 0 spiro atoms. The number of aromatic nitrogens is 3. The predicted molar refractivity (Wildman–Crippen MR) is 207 cm³/mol. The molecule has 4 heterocycles. The number of fused-ring (bicyclic) bond motifs is 6. The molecule has 234 valence electrons. The lowest BCUT2D eigenvalue weighted by Crippen LogP contribution is -1.98. The van der Waals surface area contributed by atoms with Crippen molar-refractivity contribution in [1.82, 2.24) is 15.0 Å². The molecule has 0 N–H and O–H groups in total. The number of rotatable bonds is 5. The van der Waals surface area contributed by atoms with E-state index >= 15 is 0 Å². The zero-order chi connectivity index (χ0) is 33.0. The van der Waals surface area contributed by atoms with Gasteiger partial charge in [0, 0.05) is 59.4 Å². The highest BCUT2D eigenvalue weighted by molar-refractivity contribution is 7.25. The van der Waals surface area contributed by atoms with Gasteiger partial charge < -0.3 is 4.42 Å². The smallest absolute Gasteiger partial charge is 0.161 e. The summed E-state index contributed by atoms with van der Waals surface area (Å²) in [7, 11) is 0. The van der Waals surface area contributed by atoms with Gasteiger partial charge in [-0.3, -0.25) is 4.98 Å². The standard InChI is InChI=1S/C45H27N3OS/c1-2-12-28(13-3-1)38-27-39(48-45(47-38)33-16-5-4-14-31(33)37-18-10-11-25-46-37)34-23-22-30(43-35-17-6-8-19-40(35)49-44(34)43)29-21-24-42-36(26-29)32-15-7-9-20-41(32)50-42/h1-27H. The Morgan fingerprint density at radius 3 is 2.04 bits per heavy atom. The van der Waals surface area contributed by atoms with Gasteiger partial charge in [0.2, 0.25) is 0 Å². The maximum Gasteiger partial charge on any atom is 0.161 e. The van der Waals surface area contributed by atoms with Gasteiger partial charge in [0.15, 0.2) is 5.82 Å². The summed E-state index contributed by atoms with van der Waals surface area (Å²) < 4.78 is 9.34. The van der Waals surface area contributed by atoms with Crippen molar-refractivity contribution >= 4 is 53.4 Å². The van der Waals surface area contributed by atoms with E-state index in [1.807, 2.05) is 78.2 Å². The molecule has 50 heavy (non-hydrogen) atoms. The van der Waals surface area contributed by atoms with Crippen molar-refractivity contribution in [1.29, 1.82) is 0 Å². The molecule has 10 aromatic rings. The van der Waals surface area contributed by atoms with E-state index < -0.39 is 0 Å². The lowest BCUT2D eigenvalue weighted by Gasteiger charge is -2.13. The predicted octanol–water partition coefficient (Wildman–Crippen LogP) is 12.5. The molecule has 0 aliphatic heterocycles. The van der Waals surface area contributed by atoms with Gasteiger partial charge in [-0.1, -0.05) is 109 Å². The Kier molecular flexibility index (Phi) is 6.64. The van der Waals surface area contributed by atoms with Gasteiger partial charge in [0.05, 0.1) is 17.1 Å². The van der Waals surface area contributed by atoms with Gasteiger partial charge in [-0.05, 0) is 59.7 Å². The lowest BCUT2D eigenvalue weighted by atomic mass is 9.95. The summed E-state index contributed by atoms with van der Waals surface area (Å²) in [5, 5.41) is 4.71. The molecule has 4 aromatic heterocycles. The van der Waals surface area contributed by atoms with Crippen LogP contribution in [0.25, 0.3) is 98.4 Å². The molecule has 0 bridgehead atoms. The van der Waals surface area contributed by atoms with Gasteiger partial charge in [0.1, 0.15) is 11.2 Å². The van der Waals surface area contributed by atoms with Crippen molar-refractivity contribution in [2.75, 3.05) is 0 Å². The number of hydrogen-bond donors (Lipinski definition) is 0. The van der Waals surface area contributed by atoms with Crippen molar-refractivity contribution in [3.05, 3.63) is 164 Å². The number of benzene rings is 6. The summed E-state index contributed by atoms with van der Waals surface area (Å²) in [6, 6.07) is 54.6. The third-order valence-corrected chi connectivity index (χ3v) is 10.5. The summed E-state index contributed by atoms with van der Waals surface area (Å²) in [6.45, 7) is 0. The largest absolute Gasteiger partial charge is 0.455 e. The third kappa shape index (κ3) is 4.71. The number of furan rings is 1. The maximum atomic E-state index is 6.76. The normalized spacial score (nSPS) is 11.6. The minimum atomic E-state index is 0.630. The van der Waals surface area contributed by atoms with E-state index in [2.05, 4.69) is 102 Å². The summed E-state index contributed by atoms with van der Waals surface area (Å²) >= 11 is 1.83. The third-order valence-electron chi connectivity index (χ3n) is 9.39. The van der Waals surface area contributed by atoms with Crippen LogP contribution in [0.1, 0.15) is 0 Å². The van der Waals surface area contributed by atoms with Crippen molar-refractivity contribution in [2.24, 2.45) is 0 Å². The first-order chi connectivity index (χ1) is 24.8. The SMILES string of the molecule is c1ccc(-c2cc(-c3ccc(-c4ccc5sc6ccccc6c5c4)c4c3oc3ccccc34)nc(-c3ccccc3-c3ccccn3)n2)cc1. The Labute approximate surface area is 292 Å². The van der Waals surface area contributed by atoms with Crippen LogP contribution in [0.3, 0.4) is 0 Å². The average Bonchev–Trinajstić information content (AvgIpc) is 3.77. The van der Waals surface area contributed by atoms with Crippen LogP contribution in [0.4, 0.5) is 0 Å². The minimum absolute atomic E-state index is 0.630. The maximum absolute atomic E-state index is 6.76. The first-order valence-corrected chi connectivity index (χ1v) is 17.4. The molecule has 0 unspecified atom stereocenters. The number of thiophene rings is 1. The Bertz CT molecular complexity index is 2870. The summed E-state index contributed by atoms with van der Waals surface area (Å²) in [5.74, 6) is 0.630. The fraction of sp³-hybridized carbons (Fsp3) is 0. The van der Waals surface area contributed by atoms with Gasteiger partial charge in [-0.25, -0.2) is 9.97 Å². The molecule has 0 atom stereocenters. The van der Waals surface area contributed by atoms with Crippen LogP contribution in [-0.4, -0.2) is 15.0 Å². The number of hydrogen-bond acceptors (Lipinski definition) is 5. The van der Waals surface area contributed by atoms with Crippen molar-refractivity contribution in [3.8, 4) is 56.3 Å². The molecule has 0 radical (unpaired) electrons. The second-order valence-corrected chi connectivity index (χ2v) is 13.4. The van der Waals surface area contributed by atoms with Gasteiger partial charge in [0.25, 0.3) is 0 Å². The first-order valence-electron chi connectivity index (χ1n) is 16.6. The Hall–Kier alpha value is -6.43. The molecule has 0 saturated carbocycles. The summed E-state index contributed by atoms with van der Waals surface area (Å²) in [4.78, 5) is 15.1. The van der Waals surface area contributed by atoms with Crippen molar-refractivity contribution in [3.63, 3.8) is 0 Å². The van der Waals surface area contributed by atoms with E-state index in [1.165, 1.54) is 20.2 Å². The molecule has 0 aliphatic carbocycles. The Morgan fingerprint density at radius 1 is 0.440 bits per heavy atom. The first kappa shape index (κ1) is 28.6. The van der Waals surface area contributed by atoms with Crippen LogP contribution in [0, 0.1) is 0 Å². The van der Waals surface area contributed by atoms with Crippen LogP contribution >= 0.6 is 11.3 Å². The second-order valence-electron chi connectivity index (χ2n) is 12.4. The van der Waals surface area contributed by atoms with Crippen LogP contribution in [0.5, 0.6) is 0 Å². The Morgan fingerprint density at radius 2 is 1.16 bits per heavy atom. The number of pyridine rings is 1. The highest BCUT2D eigenvalue weighted by Gasteiger charge is 2.21. The highest BCUT2D eigenvalue weighted by atomic mass is 32.1. The van der Waals surface area contributed by atoms with Gasteiger partial charge >= 0.3 is 0 Å². The van der Waals surface area contributed by atoms with Gasteiger partial charge in [-0.2, -0.15) is 0 Å². The van der Waals surface area contributed by atoms with E-state index in [0.717, 1.165) is 72.4 Å². The second kappa shape index (κ2) is 11.6. The van der Waals surface area contributed by atoms with Crippen molar-refractivity contribution < 1.29 is 4.42 Å². The molecule has 4 nitrogen and oxygen atoms in total. The molecule has 0 saturated heterocycles. The molecule has 5 heteroatoms. The molecule has 0 aliphatic rings. The molecular weight excluding hydrogens is 631 g/mol. The zero-order valence-electron chi connectivity index (χ0n) is 26.7. The minimum Gasteiger partial charge on any atom is -0.455 e. The Balaban J connectivity index is 1.23. The fourth-order valence-corrected chi connectivity index (χ4v) is 8.14. The quantitative estimate of drug-likeness (QED) is 0.185. The average molecular weight is 658 g/mol. The van der Waals surface area contributed by atoms with E-state index in [1.54, 1.807) is 0 Å². The fourth-order valence-electron chi connectivity index (χ4n) is 7.05. The van der Waals surface area contributed by atoms with E-state index in [-0.39, 0.29) is 0 Å². The highest BCUT2D eigenvalue weighted by Crippen LogP contribution is 2.44. The number of para-hydroxylation sites is 1. The molecule has 0 amide bonds. The molecule has 0 fully saturated rings. The van der Waals surface area contributed by atoms with Gasteiger partial charge in [-0.15, -0.1) is 11.3 Å². The van der Waals surface area contributed by atoms with Crippen LogP contribution < -0.4 is 0 Å². The summed E-state index contributed by atoms with van der Waals surface area (Å²) in [6.07, 6.45) is 1.82. The van der Waals surface area contributed by atoms with Crippen LogP contribution in [0.2, 0.25) is 0 Å². The number of nitrogens with zero attached hydrogens (tertiary/aromatic N) is 3. The molecule has 6 aromatic carbocycles. The summed E-state index contributed by atoms with van der Waals surface area (Å²) in [5.41, 5.74) is 10.3. The van der Waals surface area contributed by atoms with E-state index in [0.29, 0.717) is 5.82 Å². The van der Waals surface area contributed by atoms with E-state index in [4.69, 9.17) is 14.4 Å². The molecule has 10 rings (SSSR count). The van der Waals surface area contributed by atoms with Crippen LogP contribution in [-0.2, 0) is 0 Å². The monoisotopic (exact) mass is 657 g/mol. The molecular formula is C45H27N3OS. The van der Waals surface area contributed by atoms with E-state index in [9.17, 15) is 0 Å². The van der Waals surface area contributed by atoms with Crippen LogP contribution in [0.15, 0.2) is 168 Å². The zero-order valence-corrected chi connectivity index (χ0v) is 27.6. The lowest BCUT2D eigenvalue weighted by molar-refractivity contribution is 0.670. The topological polar surface area (TPSA) is 51.8 Å².